The van der Waals surface area contributed by atoms with Gasteiger partial charge in [0.2, 0.25) is 14.0 Å². The van der Waals surface area contributed by atoms with Crippen molar-refractivity contribution in [2.24, 2.45) is 0 Å². The highest BCUT2D eigenvalue weighted by Crippen LogP contribution is 2.15. The first-order valence-corrected chi connectivity index (χ1v) is 8.07. The van der Waals surface area contributed by atoms with Crippen molar-refractivity contribution in [3.05, 3.63) is 35.9 Å². The highest BCUT2D eigenvalue weighted by molar-refractivity contribution is 7.46. The first-order chi connectivity index (χ1) is 11.1. The lowest BCUT2D eigenvalue weighted by atomic mass is 10.1. The lowest BCUT2D eigenvalue weighted by Crippen LogP contribution is -2.46. The zero-order valence-electron chi connectivity index (χ0n) is 13.7. The van der Waals surface area contributed by atoms with Gasteiger partial charge in [-0.2, -0.15) is 0 Å². The van der Waals surface area contributed by atoms with E-state index in [1.54, 1.807) is 51.1 Å². The molecule has 0 saturated carbocycles. The van der Waals surface area contributed by atoms with Crippen molar-refractivity contribution in [1.29, 1.82) is 0 Å². The Bertz CT molecular complexity index is 611. The molecule has 1 aromatic carbocycles. The summed E-state index contributed by atoms with van der Waals surface area (Å²) in [4.78, 5) is 35.6. The first-order valence-electron chi connectivity index (χ1n) is 7.26. The molecule has 1 amide bonds. The van der Waals surface area contributed by atoms with E-state index in [1.165, 1.54) is 0 Å². The van der Waals surface area contributed by atoms with Gasteiger partial charge in [0.1, 0.15) is 11.6 Å². The normalized spacial score (nSPS) is 13.8. The monoisotopic (exact) mass is 353 g/mol. The minimum atomic E-state index is -1.50. The van der Waals surface area contributed by atoms with Gasteiger partial charge in [0, 0.05) is 6.42 Å². The quantitative estimate of drug-likeness (QED) is 0.571. The van der Waals surface area contributed by atoms with E-state index >= 15 is 0 Å². The average molecular weight is 353 g/mol. The van der Waals surface area contributed by atoms with Crippen molar-refractivity contribution in [3.8, 4) is 0 Å². The molecule has 1 rings (SSSR count). The molecule has 8 heteroatoms. The Morgan fingerprint density at radius 3 is 2.29 bits per heavy atom. The number of ether oxygens (including phenoxy) is 1. The summed E-state index contributed by atoms with van der Waals surface area (Å²) in [6.07, 6.45) is -2.00. The molecule has 24 heavy (non-hydrogen) atoms. The predicted molar refractivity (Wildman–Crippen MR) is 86.4 cm³/mol. The van der Waals surface area contributed by atoms with Crippen LogP contribution in [0.5, 0.6) is 0 Å². The molecule has 0 bridgehead atoms. The zero-order chi connectivity index (χ0) is 18.3. The number of hydrogen-bond donors (Lipinski definition) is 2. The number of amides is 1. The highest BCUT2D eigenvalue weighted by atomic mass is 31.1. The number of aliphatic hydroxyl groups is 1. The van der Waals surface area contributed by atoms with Gasteiger partial charge in [0.25, 0.3) is 5.91 Å². The summed E-state index contributed by atoms with van der Waals surface area (Å²) in [5, 5.41) is 12.3. The van der Waals surface area contributed by atoms with Gasteiger partial charge < -0.3 is 15.2 Å². The molecule has 1 aromatic rings. The number of esters is 1. The fourth-order valence-corrected chi connectivity index (χ4v) is 2.07. The largest absolute Gasteiger partial charge is 0.458 e. The molecule has 0 aliphatic heterocycles. The molecule has 7 nitrogen and oxygen atoms in total. The van der Waals surface area contributed by atoms with E-state index in [9.17, 15) is 24.1 Å². The lowest BCUT2D eigenvalue weighted by molar-refractivity contribution is -0.159. The molecule has 0 fully saturated rings. The van der Waals surface area contributed by atoms with Crippen molar-refractivity contribution in [2.45, 2.75) is 44.9 Å². The van der Waals surface area contributed by atoms with Gasteiger partial charge >= 0.3 is 5.97 Å². The molecule has 0 aliphatic rings. The van der Waals surface area contributed by atoms with Crippen LogP contribution in [-0.4, -0.2) is 34.2 Å². The van der Waals surface area contributed by atoms with E-state index in [0.717, 1.165) is 0 Å². The van der Waals surface area contributed by atoms with Crippen LogP contribution in [0.2, 0.25) is 0 Å². The summed E-state index contributed by atoms with van der Waals surface area (Å²) < 4.78 is 15.8. The van der Waals surface area contributed by atoms with Gasteiger partial charge in [-0.25, -0.2) is 4.79 Å². The van der Waals surface area contributed by atoms with Gasteiger partial charge in [-0.05, 0) is 26.3 Å². The van der Waals surface area contributed by atoms with Gasteiger partial charge in [-0.15, -0.1) is 0 Å². The van der Waals surface area contributed by atoms with Crippen LogP contribution < -0.4 is 5.32 Å². The van der Waals surface area contributed by atoms with E-state index < -0.39 is 50.0 Å². The number of nitrogens with one attached hydrogen (secondary N) is 1. The van der Waals surface area contributed by atoms with Crippen LogP contribution in [0.3, 0.4) is 0 Å². The third kappa shape index (κ3) is 6.56. The van der Waals surface area contributed by atoms with Crippen molar-refractivity contribution < 1.29 is 28.8 Å². The third-order valence-electron chi connectivity index (χ3n) is 2.85. The molecular weight excluding hydrogens is 333 g/mol. The summed E-state index contributed by atoms with van der Waals surface area (Å²) >= 11 is 0. The van der Waals surface area contributed by atoms with Crippen molar-refractivity contribution in [1.82, 2.24) is 5.32 Å². The Labute approximate surface area is 141 Å². The minimum Gasteiger partial charge on any atom is -0.458 e. The van der Waals surface area contributed by atoms with E-state index in [2.05, 4.69) is 5.32 Å². The Kier molecular flexibility index (Phi) is 7.19. The van der Waals surface area contributed by atoms with Crippen LogP contribution in [0, 0.1) is 0 Å². The summed E-state index contributed by atoms with van der Waals surface area (Å²) in [6.45, 7) is 4.91. The molecule has 0 unspecified atom stereocenters. The second-order valence-corrected chi connectivity index (χ2v) is 6.78. The second kappa shape index (κ2) is 8.66. The molecule has 0 saturated heterocycles. The molecule has 2 N–H and O–H groups in total. The standard InChI is InChI=1S/C16H20NO6P/c1-16(2,3)23-15(21)11(9-12(18)24-22)17-14(20)13(19)10-7-5-4-6-8-10/h4-8,11,13,19H,9H2,1-3H3,(H,17,20)/t11-,13-/m0/s1. The molecule has 2 atom stereocenters. The second-order valence-electron chi connectivity index (χ2n) is 6.10. The van der Waals surface area contributed by atoms with Gasteiger partial charge in [0.15, 0.2) is 6.10 Å². The van der Waals surface area contributed by atoms with E-state index in [-0.39, 0.29) is 0 Å². The molecule has 0 heterocycles. The molecular formula is C16H20NO6P. The predicted octanol–water partition coefficient (Wildman–Crippen LogP) is 1.75. The summed E-state index contributed by atoms with van der Waals surface area (Å²) in [7, 11) is -0.766. The van der Waals surface area contributed by atoms with Crippen LogP contribution in [-0.2, 0) is 23.7 Å². The molecule has 0 spiro atoms. The number of hydrogen-bond acceptors (Lipinski definition) is 6. The van der Waals surface area contributed by atoms with Gasteiger partial charge in [0.05, 0.1) is 0 Å². The smallest absolute Gasteiger partial charge is 0.329 e. The fourth-order valence-electron chi connectivity index (χ4n) is 1.82. The summed E-state index contributed by atoms with van der Waals surface area (Å²) in [5.74, 6) is -1.69. The van der Waals surface area contributed by atoms with Gasteiger partial charge in [-0.1, -0.05) is 30.3 Å². The Morgan fingerprint density at radius 1 is 1.21 bits per heavy atom. The molecule has 0 aromatic heterocycles. The number of rotatable bonds is 7. The van der Waals surface area contributed by atoms with Gasteiger partial charge in [-0.3, -0.25) is 14.2 Å². The molecule has 130 valence electrons. The Hall–Kier alpha value is -2.11. The highest BCUT2D eigenvalue weighted by Gasteiger charge is 2.31. The first kappa shape index (κ1) is 19.9. The maximum absolute atomic E-state index is 12.1. The SMILES string of the molecule is CC(C)(C)OC(=O)[C@H](CC(=O)P=O)NC(=O)[C@@H](O)c1ccccc1. The maximum Gasteiger partial charge on any atom is 0.329 e. The van der Waals surface area contributed by atoms with Crippen molar-refractivity contribution in [3.63, 3.8) is 0 Å². The summed E-state index contributed by atoms with van der Waals surface area (Å²) in [5.41, 5.74) is -1.25. The van der Waals surface area contributed by atoms with Crippen LogP contribution in [0.4, 0.5) is 0 Å². The minimum absolute atomic E-state index is 0.339. The van der Waals surface area contributed by atoms with Crippen molar-refractivity contribution in [2.75, 3.05) is 0 Å². The van der Waals surface area contributed by atoms with E-state index in [0.29, 0.717) is 5.56 Å². The van der Waals surface area contributed by atoms with Crippen LogP contribution in [0.15, 0.2) is 30.3 Å². The average Bonchev–Trinajstić information content (AvgIpc) is 2.52. The number of benzene rings is 1. The zero-order valence-corrected chi connectivity index (χ0v) is 14.6. The maximum atomic E-state index is 12.1. The number of carbonyl (C=O) groups excluding carboxylic acids is 3. The van der Waals surface area contributed by atoms with Crippen LogP contribution in [0.1, 0.15) is 38.9 Å². The lowest BCUT2D eigenvalue weighted by Gasteiger charge is -2.24. The number of aliphatic hydroxyl groups excluding tert-OH is 1. The van der Waals surface area contributed by atoms with Crippen LogP contribution in [0.25, 0.3) is 0 Å². The number of carbonyl (C=O) groups is 3. The Morgan fingerprint density at radius 2 is 1.79 bits per heavy atom. The Balaban J connectivity index is 2.87. The van der Waals surface area contributed by atoms with Crippen molar-refractivity contribution >= 4 is 25.9 Å². The topological polar surface area (TPSA) is 110 Å². The molecule has 0 aliphatic carbocycles. The molecule has 0 radical (unpaired) electrons. The summed E-state index contributed by atoms with van der Waals surface area (Å²) in [6, 6.07) is 6.80. The fraction of sp³-hybridized carbons (Fsp3) is 0.438. The van der Waals surface area contributed by atoms with E-state index in [1.807, 2.05) is 0 Å². The third-order valence-corrected chi connectivity index (χ3v) is 3.24. The van der Waals surface area contributed by atoms with Crippen LogP contribution >= 0.6 is 8.46 Å². The van der Waals surface area contributed by atoms with E-state index in [4.69, 9.17) is 4.74 Å².